The van der Waals surface area contributed by atoms with Crippen molar-refractivity contribution in [3.63, 3.8) is 0 Å². The number of piperidine rings is 1. The molecule has 2 heterocycles. The number of hydrogen-bond acceptors (Lipinski definition) is 4. The third kappa shape index (κ3) is 4.93. The summed E-state index contributed by atoms with van der Waals surface area (Å²) < 4.78 is 10.5. The summed E-state index contributed by atoms with van der Waals surface area (Å²) in [6.07, 6.45) is 4.29. The summed E-state index contributed by atoms with van der Waals surface area (Å²) in [4.78, 5) is 26.7. The molecule has 2 aliphatic rings. The van der Waals surface area contributed by atoms with Crippen LogP contribution in [0.5, 0.6) is 11.5 Å². The molecule has 0 spiro atoms. The van der Waals surface area contributed by atoms with E-state index >= 15 is 0 Å². The van der Waals surface area contributed by atoms with Gasteiger partial charge in [-0.3, -0.25) is 9.59 Å². The number of hydrogen-bond donors (Lipinski definition) is 1. The molecule has 1 fully saturated rings. The molecule has 0 saturated carbocycles. The molecule has 30 heavy (non-hydrogen) atoms. The highest BCUT2D eigenvalue weighted by atomic mass is 16.7. The molecule has 0 unspecified atom stereocenters. The number of fused-ring (bicyclic) bond motifs is 1. The summed E-state index contributed by atoms with van der Waals surface area (Å²) >= 11 is 0. The number of amides is 2. The van der Waals surface area contributed by atoms with E-state index < -0.39 is 0 Å². The van der Waals surface area contributed by atoms with Gasteiger partial charge in [0.1, 0.15) is 0 Å². The number of likely N-dealkylation sites (tertiary alicyclic amines) is 1. The van der Waals surface area contributed by atoms with Crippen LogP contribution in [0.3, 0.4) is 0 Å². The molecular weight excluding hydrogens is 380 g/mol. The fraction of sp³-hybridized carbons (Fsp3) is 0.417. The lowest BCUT2D eigenvalue weighted by Crippen LogP contribution is -2.44. The lowest BCUT2D eigenvalue weighted by molar-refractivity contribution is -0.131. The largest absolute Gasteiger partial charge is 0.454 e. The van der Waals surface area contributed by atoms with E-state index in [1.165, 1.54) is 11.1 Å². The fourth-order valence-electron chi connectivity index (χ4n) is 4.00. The van der Waals surface area contributed by atoms with Crippen LogP contribution in [0.2, 0.25) is 0 Å². The average molecular weight is 408 g/mol. The topological polar surface area (TPSA) is 67.9 Å². The normalized spacial score (nSPS) is 15.8. The zero-order valence-electron chi connectivity index (χ0n) is 17.4. The molecule has 1 N–H and O–H groups in total. The number of rotatable bonds is 6. The van der Waals surface area contributed by atoms with Crippen LogP contribution in [0.15, 0.2) is 42.5 Å². The van der Waals surface area contributed by atoms with Crippen LogP contribution in [0.1, 0.15) is 40.7 Å². The molecule has 1 saturated heterocycles. The highest BCUT2D eigenvalue weighted by Gasteiger charge is 2.23. The molecule has 2 aromatic carbocycles. The molecule has 0 radical (unpaired) electrons. The minimum Gasteiger partial charge on any atom is -0.454 e. The van der Waals surface area contributed by atoms with E-state index in [1.54, 1.807) is 18.2 Å². The average Bonchev–Trinajstić information content (AvgIpc) is 3.25. The number of benzene rings is 2. The Kier molecular flexibility index (Phi) is 6.21. The van der Waals surface area contributed by atoms with Gasteiger partial charge in [-0.1, -0.05) is 29.8 Å². The molecule has 0 atom stereocenters. The van der Waals surface area contributed by atoms with E-state index in [1.807, 2.05) is 4.90 Å². The molecular formula is C24H28N2O4. The second-order valence-corrected chi connectivity index (χ2v) is 8.10. The quantitative estimate of drug-likeness (QED) is 0.796. The van der Waals surface area contributed by atoms with E-state index in [0.717, 1.165) is 38.8 Å². The van der Waals surface area contributed by atoms with Crippen molar-refractivity contribution in [1.82, 2.24) is 10.2 Å². The van der Waals surface area contributed by atoms with Gasteiger partial charge in [0.15, 0.2) is 11.5 Å². The maximum atomic E-state index is 12.5. The van der Waals surface area contributed by atoms with Crippen molar-refractivity contribution in [2.75, 3.05) is 26.4 Å². The van der Waals surface area contributed by atoms with Crippen LogP contribution >= 0.6 is 0 Å². The Morgan fingerprint density at radius 3 is 2.53 bits per heavy atom. The van der Waals surface area contributed by atoms with Crippen molar-refractivity contribution < 1.29 is 19.1 Å². The van der Waals surface area contributed by atoms with Gasteiger partial charge in [0.25, 0.3) is 5.91 Å². The van der Waals surface area contributed by atoms with Crippen LogP contribution in [0.4, 0.5) is 0 Å². The van der Waals surface area contributed by atoms with E-state index in [4.69, 9.17) is 9.47 Å². The summed E-state index contributed by atoms with van der Waals surface area (Å²) in [5, 5.41) is 2.72. The Labute approximate surface area is 177 Å². The van der Waals surface area contributed by atoms with Crippen molar-refractivity contribution in [2.45, 2.75) is 32.6 Å². The summed E-state index contributed by atoms with van der Waals surface area (Å²) in [7, 11) is 0. The molecule has 0 bridgehead atoms. The summed E-state index contributed by atoms with van der Waals surface area (Å²) in [6, 6.07) is 13.8. The van der Waals surface area contributed by atoms with E-state index in [9.17, 15) is 9.59 Å². The number of carbonyl (C=O) groups excluding carboxylic acids is 2. The number of nitrogens with zero attached hydrogens (tertiary/aromatic N) is 1. The zero-order valence-corrected chi connectivity index (χ0v) is 17.4. The number of nitrogens with one attached hydrogen (secondary N) is 1. The van der Waals surface area contributed by atoms with Crippen LogP contribution in [-0.4, -0.2) is 43.1 Å². The van der Waals surface area contributed by atoms with Gasteiger partial charge in [0, 0.05) is 18.7 Å². The third-order valence-corrected chi connectivity index (χ3v) is 5.96. The molecule has 0 aromatic heterocycles. The van der Waals surface area contributed by atoms with Crippen LogP contribution < -0.4 is 14.8 Å². The standard InChI is InChI=1S/C24H28N2O4/c1-17-2-4-18(5-3-17)6-7-19-10-12-26(13-11-19)23(27)15-25-24(28)20-8-9-21-22(14-20)30-16-29-21/h2-5,8-9,14,19H,6-7,10-13,15-16H2,1H3,(H,25,28). The summed E-state index contributed by atoms with van der Waals surface area (Å²) in [6.45, 7) is 3.81. The highest BCUT2D eigenvalue weighted by molar-refractivity contribution is 5.97. The van der Waals surface area contributed by atoms with Crippen molar-refractivity contribution in [1.29, 1.82) is 0 Å². The zero-order chi connectivity index (χ0) is 20.9. The first-order chi connectivity index (χ1) is 14.6. The number of ether oxygens (including phenoxy) is 2. The minimum atomic E-state index is -0.283. The first-order valence-electron chi connectivity index (χ1n) is 10.6. The maximum absolute atomic E-state index is 12.5. The Balaban J connectivity index is 1.19. The van der Waals surface area contributed by atoms with Gasteiger partial charge < -0.3 is 19.7 Å². The van der Waals surface area contributed by atoms with Gasteiger partial charge in [0.05, 0.1) is 6.54 Å². The molecule has 158 valence electrons. The van der Waals surface area contributed by atoms with Gasteiger partial charge in [-0.2, -0.15) is 0 Å². The molecule has 0 aliphatic carbocycles. The molecule has 6 heteroatoms. The minimum absolute atomic E-state index is 0.0152. The van der Waals surface area contributed by atoms with E-state index in [0.29, 0.717) is 23.0 Å². The lowest BCUT2D eigenvalue weighted by Gasteiger charge is -2.32. The molecule has 2 amide bonds. The van der Waals surface area contributed by atoms with Crippen LogP contribution in [0.25, 0.3) is 0 Å². The molecule has 4 rings (SSSR count). The first kappa shape index (κ1) is 20.3. The van der Waals surface area contributed by atoms with Gasteiger partial charge in [0.2, 0.25) is 12.7 Å². The Morgan fingerprint density at radius 1 is 1.03 bits per heavy atom. The van der Waals surface area contributed by atoms with E-state index in [2.05, 4.69) is 36.5 Å². The van der Waals surface area contributed by atoms with Gasteiger partial charge >= 0.3 is 0 Å². The SMILES string of the molecule is Cc1ccc(CCC2CCN(C(=O)CNC(=O)c3ccc4c(c3)OCO4)CC2)cc1. The van der Waals surface area contributed by atoms with E-state index in [-0.39, 0.29) is 25.2 Å². The molecule has 6 nitrogen and oxygen atoms in total. The second kappa shape index (κ2) is 9.20. The van der Waals surface area contributed by atoms with Gasteiger partial charge in [-0.25, -0.2) is 0 Å². The predicted molar refractivity (Wildman–Crippen MR) is 114 cm³/mol. The third-order valence-electron chi connectivity index (χ3n) is 5.96. The van der Waals surface area contributed by atoms with Gasteiger partial charge in [-0.15, -0.1) is 0 Å². The number of aryl methyl sites for hydroxylation is 2. The summed E-state index contributed by atoms with van der Waals surface area (Å²) in [5.41, 5.74) is 3.13. The van der Waals surface area contributed by atoms with Crippen molar-refractivity contribution >= 4 is 11.8 Å². The molecule has 2 aromatic rings. The maximum Gasteiger partial charge on any atom is 0.251 e. The fourth-order valence-corrected chi connectivity index (χ4v) is 4.00. The smallest absolute Gasteiger partial charge is 0.251 e. The highest BCUT2D eigenvalue weighted by Crippen LogP contribution is 2.32. The monoisotopic (exact) mass is 408 g/mol. The summed E-state index contributed by atoms with van der Waals surface area (Å²) in [5.74, 6) is 1.53. The first-order valence-corrected chi connectivity index (χ1v) is 10.6. The Morgan fingerprint density at radius 2 is 1.77 bits per heavy atom. The van der Waals surface area contributed by atoms with Crippen LogP contribution in [0, 0.1) is 12.8 Å². The Bertz CT molecular complexity index is 902. The molecule has 2 aliphatic heterocycles. The van der Waals surface area contributed by atoms with Crippen LogP contribution in [-0.2, 0) is 11.2 Å². The van der Waals surface area contributed by atoms with Gasteiger partial charge in [-0.05, 0) is 62.3 Å². The second-order valence-electron chi connectivity index (χ2n) is 8.10. The number of carbonyl (C=O) groups is 2. The Hall–Kier alpha value is -3.02. The lowest BCUT2D eigenvalue weighted by atomic mass is 9.90. The predicted octanol–water partition coefficient (Wildman–Crippen LogP) is 3.32. The van der Waals surface area contributed by atoms with Crippen molar-refractivity contribution in [2.24, 2.45) is 5.92 Å². The van der Waals surface area contributed by atoms with Crippen molar-refractivity contribution in [3.8, 4) is 11.5 Å². The van der Waals surface area contributed by atoms with Crippen molar-refractivity contribution in [3.05, 3.63) is 59.2 Å².